The standard InChI is InChI=1S/C37H37N4S4/c1-39(30-18-12-28(13-19-30)16-22-36-38-32-8-4-6-10-34(32)44-36)24-26-42-43-27-25-40(2)31-20-14-29(15-21-31)17-23-37-41(3)33-9-5-7-11-35(33)45-37/h4-23H,24-27H2,1-3H3/q+1/b22-16+. The summed E-state index contributed by atoms with van der Waals surface area (Å²) in [7, 11) is 10.4. The van der Waals surface area contributed by atoms with Gasteiger partial charge in [-0.1, -0.05) is 87.5 Å². The summed E-state index contributed by atoms with van der Waals surface area (Å²) in [6.45, 7) is 2.04. The van der Waals surface area contributed by atoms with Crippen LogP contribution in [0.5, 0.6) is 0 Å². The Kier molecular flexibility index (Phi) is 10.6. The van der Waals surface area contributed by atoms with Gasteiger partial charge in [0.15, 0.2) is 0 Å². The highest BCUT2D eigenvalue weighted by molar-refractivity contribution is 8.76. The third kappa shape index (κ3) is 8.19. The maximum absolute atomic E-state index is 4.69. The third-order valence-electron chi connectivity index (χ3n) is 7.69. The van der Waals surface area contributed by atoms with Gasteiger partial charge >= 0.3 is 0 Å². The molecule has 45 heavy (non-hydrogen) atoms. The molecule has 0 aliphatic rings. The van der Waals surface area contributed by atoms with Crippen LogP contribution in [0.3, 0.4) is 0 Å². The SMILES string of the molecule is CN(CCSSCCN(C)c1ccc(/C=C/c2sc3ccccc3[n+]2C)cc1)c1ccc(/C=C/c2nc3ccccc3s2)cc1. The second-order valence-corrected chi connectivity index (χ2v) is 15.7. The second-order valence-electron chi connectivity index (χ2n) is 10.8. The summed E-state index contributed by atoms with van der Waals surface area (Å²) in [4.78, 5) is 9.36. The minimum Gasteiger partial charge on any atom is -0.374 e. The minimum absolute atomic E-state index is 1.02. The Morgan fingerprint density at radius 1 is 0.644 bits per heavy atom. The largest absolute Gasteiger partial charge is 0.374 e. The van der Waals surface area contributed by atoms with Gasteiger partial charge in [-0.05, 0) is 65.7 Å². The van der Waals surface area contributed by atoms with E-state index in [1.165, 1.54) is 42.4 Å². The number of hydrogen-bond donors (Lipinski definition) is 0. The van der Waals surface area contributed by atoms with E-state index in [4.69, 9.17) is 4.98 Å². The molecule has 2 aromatic heterocycles. The number of fused-ring (bicyclic) bond motifs is 2. The van der Waals surface area contributed by atoms with Crippen LogP contribution in [0.25, 0.3) is 44.7 Å². The lowest BCUT2D eigenvalue weighted by Gasteiger charge is -2.20. The van der Waals surface area contributed by atoms with Gasteiger partial charge in [0.2, 0.25) is 5.52 Å². The molecule has 0 saturated carbocycles. The van der Waals surface area contributed by atoms with Gasteiger partial charge in [-0.15, -0.1) is 11.3 Å². The van der Waals surface area contributed by atoms with E-state index in [-0.39, 0.29) is 0 Å². The zero-order valence-corrected chi connectivity index (χ0v) is 29.1. The first-order chi connectivity index (χ1) is 22.0. The highest BCUT2D eigenvalue weighted by atomic mass is 33.1. The molecular formula is C37H37N4S4+. The molecule has 8 heteroatoms. The molecule has 0 fully saturated rings. The first-order valence-electron chi connectivity index (χ1n) is 15.0. The third-order valence-corrected chi connectivity index (χ3v) is 12.2. The van der Waals surface area contributed by atoms with Crippen molar-refractivity contribution in [1.82, 2.24) is 4.98 Å². The zero-order valence-electron chi connectivity index (χ0n) is 25.8. The molecule has 0 amide bonds. The van der Waals surface area contributed by atoms with Crippen LogP contribution in [0.2, 0.25) is 0 Å². The maximum atomic E-state index is 4.69. The molecule has 0 bridgehead atoms. The molecule has 0 aliphatic heterocycles. The van der Waals surface area contributed by atoms with Crippen LogP contribution in [0.4, 0.5) is 11.4 Å². The normalized spacial score (nSPS) is 11.8. The summed E-state index contributed by atoms with van der Waals surface area (Å²) >= 11 is 3.55. The van der Waals surface area contributed by atoms with E-state index in [9.17, 15) is 0 Å². The van der Waals surface area contributed by atoms with Gasteiger partial charge in [-0.3, -0.25) is 0 Å². The maximum Gasteiger partial charge on any atom is 0.262 e. The fourth-order valence-corrected chi connectivity index (χ4v) is 8.98. The predicted octanol–water partition coefficient (Wildman–Crippen LogP) is 9.63. The number of anilines is 2. The van der Waals surface area contributed by atoms with E-state index in [1.54, 1.807) is 11.3 Å². The smallest absolute Gasteiger partial charge is 0.262 e. The molecule has 4 aromatic carbocycles. The average Bonchev–Trinajstić information content (AvgIpc) is 3.64. The van der Waals surface area contributed by atoms with Gasteiger partial charge < -0.3 is 9.80 Å². The quantitative estimate of drug-likeness (QED) is 0.0695. The Hall–Kier alpha value is -3.56. The molecule has 0 aliphatic carbocycles. The lowest BCUT2D eigenvalue weighted by molar-refractivity contribution is -0.642. The number of para-hydroxylation sites is 2. The van der Waals surface area contributed by atoms with E-state index in [0.29, 0.717) is 0 Å². The van der Waals surface area contributed by atoms with Crippen molar-refractivity contribution in [3.8, 4) is 0 Å². The molecule has 4 nitrogen and oxygen atoms in total. The molecule has 0 saturated heterocycles. The van der Waals surface area contributed by atoms with Crippen LogP contribution in [0, 0.1) is 0 Å². The van der Waals surface area contributed by atoms with Crippen molar-refractivity contribution >= 4 is 100 Å². The van der Waals surface area contributed by atoms with Crippen molar-refractivity contribution in [2.75, 3.05) is 48.5 Å². The molecule has 228 valence electrons. The Morgan fingerprint density at radius 3 is 1.80 bits per heavy atom. The van der Waals surface area contributed by atoms with Gasteiger partial charge in [0.25, 0.3) is 5.01 Å². The molecule has 0 atom stereocenters. The number of aryl methyl sites for hydroxylation is 1. The van der Waals surface area contributed by atoms with Gasteiger partial charge in [0.05, 0.1) is 10.2 Å². The van der Waals surface area contributed by atoms with E-state index >= 15 is 0 Å². The summed E-state index contributed by atoms with van der Waals surface area (Å²) < 4.78 is 4.80. The first-order valence-corrected chi connectivity index (χ1v) is 19.1. The number of aromatic nitrogens is 2. The minimum atomic E-state index is 1.02. The van der Waals surface area contributed by atoms with Crippen molar-refractivity contribution < 1.29 is 4.57 Å². The van der Waals surface area contributed by atoms with Crippen LogP contribution < -0.4 is 14.4 Å². The van der Waals surface area contributed by atoms with Crippen LogP contribution in [-0.2, 0) is 7.05 Å². The van der Waals surface area contributed by atoms with E-state index in [0.717, 1.165) is 35.1 Å². The molecule has 0 spiro atoms. The Morgan fingerprint density at radius 2 is 1.20 bits per heavy atom. The predicted molar refractivity (Wildman–Crippen MR) is 205 cm³/mol. The Balaban J connectivity index is 0.892. The molecule has 0 radical (unpaired) electrons. The Bertz CT molecular complexity index is 1870. The highest BCUT2D eigenvalue weighted by Gasteiger charge is 2.13. The van der Waals surface area contributed by atoms with Gasteiger partial charge in [0.1, 0.15) is 16.8 Å². The van der Waals surface area contributed by atoms with Crippen molar-refractivity contribution in [3.05, 3.63) is 118 Å². The summed E-state index contributed by atoms with van der Waals surface area (Å²) in [6, 6.07) is 34.5. The molecule has 0 N–H and O–H groups in total. The fraction of sp³-hybridized carbons (Fsp3) is 0.189. The molecule has 2 heterocycles. The Labute approximate surface area is 282 Å². The van der Waals surface area contributed by atoms with E-state index < -0.39 is 0 Å². The molecular weight excluding hydrogens is 629 g/mol. The molecule has 6 rings (SSSR count). The summed E-state index contributed by atoms with van der Waals surface area (Å²) in [5, 5.41) is 2.29. The van der Waals surface area contributed by atoms with Gasteiger partial charge in [-0.25, -0.2) is 4.98 Å². The number of nitrogens with zero attached hydrogens (tertiary/aromatic N) is 4. The number of benzene rings is 4. The summed E-state index contributed by atoms with van der Waals surface area (Å²) in [5.74, 6) is 2.17. The van der Waals surface area contributed by atoms with Crippen LogP contribution >= 0.6 is 44.3 Å². The zero-order chi connectivity index (χ0) is 31.0. The topological polar surface area (TPSA) is 23.2 Å². The number of thiazole rings is 2. The van der Waals surface area contributed by atoms with Crippen LogP contribution in [-0.4, -0.2) is 43.7 Å². The highest BCUT2D eigenvalue weighted by Crippen LogP contribution is 2.26. The summed E-state index contributed by atoms with van der Waals surface area (Å²) in [6.07, 6.45) is 8.67. The van der Waals surface area contributed by atoms with E-state index in [1.807, 2.05) is 39.0 Å². The average molecular weight is 666 g/mol. The lowest BCUT2D eigenvalue weighted by Crippen LogP contribution is -2.28. The van der Waals surface area contributed by atoms with Crippen molar-refractivity contribution in [2.24, 2.45) is 7.05 Å². The molecule has 6 aromatic rings. The first kappa shape index (κ1) is 31.4. The second kappa shape index (κ2) is 15.1. The van der Waals surface area contributed by atoms with Gasteiger partial charge in [0, 0.05) is 62.2 Å². The van der Waals surface area contributed by atoms with Crippen molar-refractivity contribution in [2.45, 2.75) is 0 Å². The van der Waals surface area contributed by atoms with E-state index in [2.05, 4.69) is 151 Å². The fourth-order valence-electron chi connectivity index (χ4n) is 4.97. The number of rotatable bonds is 13. The monoisotopic (exact) mass is 665 g/mol. The number of hydrogen-bond acceptors (Lipinski definition) is 7. The lowest BCUT2D eigenvalue weighted by atomic mass is 10.2. The van der Waals surface area contributed by atoms with Crippen LogP contribution in [0.15, 0.2) is 97.1 Å². The molecule has 0 unspecified atom stereocenters. The van der Waals surface area contributed by atoms with Crippen molar-refractivity contribution in [1.29, 1.82) is 0 Å². The summed E-state index contributed by atoms with van der Waals surface area (Å²) in [5.41, 5.74) is 7.24. The van der Waals surface area contributed by atoms with Crippen molar-refractivity contribution in [3.63, 3.8) is 0 Å². The van der Waals surface area contributed by atoms with Gasteiger partial charge in [-0.2, -0.15) is 4.57 Å². The van der Waals surface area contributed by atoms with Crippen LogP contribution in [0.1, 0.15) is 21.1 Å².